The van der Waals surface area contributed by atoms with Gasteiger partial charge in [-0.15, -0.1) is 11.8 Å². The standard InChI is InChI=1S/C13H16O2S/c1-3-10-8-13(10,12(14)15)16-11-7-5-4-6-9(11)2/h4-7,10H,3,8H2,1-2H3,(H,14,15). The molecule has 2 nitrogen and oxygen atoms in total. The molecule has 1 N–H and O–H groups in total. The number of carboxylic acids is 1. The van der Waals surface area contributed by atoms with Gasteiger partial charge in [-0.1, -0.05) is 31.5 Å². The van der Waals surface area contributed by atoms with Crippen LogP contribution in [0.5, 0.6) is 0 Å². The van der Waals surface area contributed by atoms with Gasteiger partial charge in [0, 0.05) is 4.90 Å². The van der Waals surface area contributed by atoms with Crippen LogP contribution < -0.4 is 0 Å². The lowest BCUT2D eigenvalue weighted by atomic mass is 10.2. The maximum Gasteiger partial charge on any atom is 0.320 e. The van der Waals surface area contributed by atoms with Crippen molar-refractivity contribution >= 4 is 17.7 Å². The quantitative estimate of drug-likeness (QED) is 0.871. The first-order valence-corrected chi connectivity index (χ1v) is 6.40. The summed E-state index contributed by atoms with van der Waals surface area (Å²) in [5.74, 6) is -0.331. The third-order valence-electron chi connectivity index (χ3n) is 3.29. The number of aryl methyl sites for hydroxylation is 1. The Labute approximate surface area is 100 Å². The van der Waals surface area contributed by atoms with Crippen LogP contribution in [-0.4, -0.2) is 15.8 Å². The van der Waals surface area contributed by atoms with Gasteiger partial charge in [-0.2, -0.15) is 0 Å². The van der Waals surface area contributed by atoms with Gasteiger partial charge < -0.3 is 5.11 Å². The van der Waals surface area contributed by atoms with Crippen molar-refractivity contribution in [3.63, 3.8) is 0 Å². The fraction of sp³-hybridized carbons (Fsp3) is 0.462. The summed E-state index contributed by atoms with van der Waals surface area (Å²) in [6.45, 7) is 4.09. The number of benzene rings is 1. The highest BCUT2D eigenvalue weighted by molar-refractivity contribution is 8.01. The maximum absolute atomic E-state index is 11.3. The van der Waals surface area contributed by atoms with Crippen LogP contribution >= 0.6 is 11.8 Å². The highest BCUT2D eigenvalue weighted by atomic mass is 32.2. The van der Waals surface area contributed by atoms with Gasteiger partial charge in [0.15, 0.2) is 0 Å². The second-order valence-electron chi connectivity index (χ2n) is 4.37. The van der Waals surface area contributed by atoms with E-state index in [1.807, 2.05) is 31.2 Å². The first-order valence-electron chi connectivity index (χ1n) is 5.58. The number of hydrogen-bond donors (Lipinski definition) is 1. The predicted molar refractivity (Wildman–Crippen MR) is 65.8 cm³/mol. The topological polar surface area (TPSA) is 37.3 Å². The van der Waals surface area contributed by atoms with Gasteiger partial charge in [-0.25, -0.2) is 0 Å². The number of rotatable bonds is 4. The fourth-order valence-corrected chi connectivity index (χ4v) is 3.55. The Bertz CT molecular complexity index is 416. The molecule has 2 unspecified atom stereocenters. The molecule has 0 heterocycles. The lowest BCUT2D eigenvalue weighted by molar-refractivity contribution is -0.137. The molecule has 3 heteroatoms. The summed E-state index contributed by atoms with van der Waals surface area (Å²) in [4.78, 5) is 12.4. The van der Waals surface area contributed by atoms with E-state index in [-0.39, 0.29) is 0 Å². The molecule has 0 spiro atoms. The molecule has 0 bridgehead atoms. The van der Waals surface area contributed by atoms with Gasteiger partial charge in [0.1, 0.15) is 4.75 Å². The van der Waals surface area contributed by atoms with Crippen LogP contribution in [0, 0.1) is 12.8 Å². The van der Waals surface area contributed by atoms with Crippen molar-refractivity contribution in [2.45, 2.75) is 36.3 Å². The van der Waals surface area contributed by atoms with Gasteiger partial charge in [0.05, 0.1) is 0 Å². The van der Waals surface area contributed by atoms with Crippen molar-refractivity contribution < 1.29 is 9.90 Å². The molecule has 1 saturated carbocycles. The molecular formula is C13H16O2S. The zero-order valence-electron chi connectivity index (χ0n) is 9.56. The molecule has 2 rings (SSSR count). The fourth-order valence-electron chi connectivity index (χ4n) is 2.08. The van der Waals surface area contributed by atoms with Crippen LogP contribution in [0.1, 0.15) is 25.3 Å². The van der Waals surface area contributed by atoms with Crippen molar-refractivity contribution in [1.82, 2.24) is 0 Å². The van der Waals surface area contributed by atoms with Crippen LogP contribution in [0.4, 0.5) is 0 Å². The number of hydrogen-bond acceptors (Lipinski definition) is 2. The minimum Gasteiger partial charge on any atom is -0.480 e. The van der Waals surface area contributed by atoms with Crippen LogP contribution in [0.2, 0.25) is 0 Å². The van der Waals surface area contributed by atoms with Gasteiger partial charge in [0.25, 0.3) is 0 Å². The van der Waals surface area contributed by atoms with E-state index in [1.165, 1.54) is 11.8 Å². The summed E-state index contributed by atoms with van der Waals surface area (Å²) in [5, 5.41) is 9.34. The first kappa shape index (κ1) is 11.5. The van der Waals surface area contributed by atoms with Gasteiger partial charge in [0.2, 0.25) is 0 Å². The summed E-state index contributed by atoms with van der Waals surface area (Å²) in [6, 6.07) is 7.99. The van der Waals surface area contributed by atoms with E-state index in [2.05, 4.69) is 6.92 Å². The number of carboxylic acid groups (broad SMARTS) is 1. The van der Waals surface area contributed by atoms with Crippen LogP contribution in [0.25, 0.3) is 0 Å². The number of thioether (sulfide) groups is 1. The normalized spacial score (nSPS) is 27.8. The zero-order chi connectivity index (χ0) is 11.8. The van der Waals surface area contributed by atoms with Crippen molar-refractivity contribution in [3.8, 4) is 0 Å². The third-order valence-corrected chi connectivity index (χ3v) is 5.01. The molecule has 86 valence electrons. The van der Waals surface area contributed by atoms with E-state index >= 15 is 0 Å². The minimum atomic E-state index is -0.660. The minimum absolute atomic E-state index is 0.328. The molecule has 0 saturated heterocycles. The van der Waals surface area contributed by atoms with E-state index in [0.717, 1.165) is 23.3 Å². The molecule has 0 aliphatic heterocycles. The average molecular weight is 236 g/mol. The SMILES string of the molecule is CCC1CC1(Sc1ccccc1C)C(=O)O. The van der Waals surface area contributed by atoms with E-state index in [9.17, 15) is 9.90 Å². The summed E-state index contributed by atoms with van der Waals surface area (Å²) in [7, 11) is 0. The van der Waals surface area contributed by atoms with Gasteiger partial charge in [-0.05, 0) is 30.9 Å². The Morgan fingerprint density at radius 1 is 1.56 bits per heavy atom. The summed E-state index contributed by atoms with van der Waals surface area (Å²) < 4.78 is -0.555. The Kier molecular flexibility index (Phi) is 2.98. The first-order chi connectivity index (χ1) is 7.60. The van der Waals surface area contributed by atoms with Crippen molar-refractivity contribution in [2.75, 3.05) is 0 Å². The maximum atomic E-state index is 11.3. The highest BCUT2D eigenvalue weighted by Gasteiger charge is 2.60. The van der Waals surface area contributed by atoms with Gasteiger partial charge in [-0.3, -0.25) is 4.79 Å². The van der Waals surface area contributed by atoms with E-state index in [4.69, 9.17) is 0 Å². The second-order valence-corrected chi connectivity index (χ2v) is 5.74. The van der Waals surface area contributed by atoms with Crippen molar-refractivity contribution in [3.05, 3.63) is 29.8 Å². The van der Waals surface area contributed by atoms with E-state index in [1.54, 1.807) is 0 Å². The Morgan fingerprint density at radius 3 is 2.75 bits per heavy atom. The lowest BCUT2D eigenvalue weighted by Crippen LogP contribution is -2.20. The molecule has 1 aromatic rings. The Balaban J connectivity index is 2.21. The van der Waals surface area contributed by atoms with E-state index in [0.29, 0.717) is 5.92 Å². The Morgan fingerprint density at radius 2 is 2.25 bits per heavy atom. The van der Waals surface area contributed by atoms with Crippen molar-refractivity contribution in [1.29, 1.82) is 0 Å². The molecule has 1 aromatic carbocycles. The molecule has 2 atom stereocenters. The Hall–Kier alpha value is -0.960. The molecule has 0 aromatic heterocycles. The molecule has 0 radical (unpaired) electrons. The predicted octanol–water partition coefficient (Wildman–Crippen LogP) is 3.34. The molecule has 1 fully saturated rings. The summed E-state index contributed by atoms with van der Waals surface area (Å²) in [6.07, 6.45) is 1.75. The molecule has 0 amide bonds. The highest BCUT2D eigenvalue weighted by Crippen LogP contribution is 2.58. The largest absolute Gasteiger partial charge is 0.480 e. The summed E-state index contributed by atoms with van der Waals surface area (Å²) in [5.41, 5.74) is 1.16. The van der Waals surface area contributed by atoms with Crippen LogP contribution in [0.3, 0.4) is 0 Å². The third kappa shape index (κ3) is 1.84. The second kappa shape index (κ2) is 4.13. The van der Waals surface area contributed by atoms with E-state index < -0.39 is 10.7 Å². The average Bonchev–Trinajstić information content (AvgIpc) is 2.97. The molecule has 1 aliphatic carbocycles. The molecule has 1 aliphatic rings. The van der Waals surface area contributed by atoms with Gasteiger partial charge >= 0.3 is 5.97 Å². The number of aliphatic carboxylic acids is 1. The summed E-state index contributed by atoms with van der Waals surface area (Å²) >= 11 is 1.52. The zero-order valence-corrected chi connectivity index (χ0v) is 10.4. The van der Waals surface area contributed by atoms with Crippen LogP contribution in [-0.2, 0) is 4.79 Å². The van der Waals surface area contributed by atoms with Crippen molar-refractivity contribution in [2.24, 2.45) is 5.92 Å². The smallest absolute Gasteiger partial charge is 0.320 e. The lowest BCUT2D eigenvalue weighted by Gasteiger charge is -2.13. The van der Waals surface area contributed by atoms with Crippen LogP contribution in [0.15, 0.2) is 29.2 Å². The molecular weight excluding hydrogens is 220 g/mol. The monoisotopic (exact) mass is 236 g/mol. The molecule has 16 heavy (non-hydrogen) atoms. The number of carbonyl (C=O) groups is 1.